The summed E-state index contributed by atoms with van der Waals surface area (Å²) in [5.41, 5.74) is 11.3. The molecular weight excluding hydrogens is 454 g/mol. The predicted molar refractivity (Wildman–Crippen MR) is 127 cm³/mol. The van der Waals surface area contributed by atoms with Crippen LogP contribution in [0, 0.1) is 11.8 Å². The average molecular weight is 490 g/mol. The van der Waals surface area contributed by atoms with E-state index in [9.17, 15) is 24.0 Å². The van der Waals surface area contributed by atoms with Gasteiger partial charge in [-0.15, -0.1) is 0 Å². The molecule has 5 amide bonds. The first-order valence-electron chi connectivity index (χ1n) is 11.7. The van der Waals surface area contributed by atoms with Crippen molar-refractivity contribution >= 4 is 29.7 Å². The normalized spacial score (nSPS) is 15.7. The van der Waals surface area contributed by atoms with Crippen molar-refractivity contribution < 1.29 is 28.7 Å². The van der Waals surface area contributed by atoms with Gasteiger partial charge in [0.2, 0.25) is 23.6 Å². The molecule has 35 heavy (non-hydrogen) atoms. The van der Waals surface area contributed by atoms with E-state index in [2.05, 4.69) is 10.6 Å². The zero-order valence-electron chi connectivity index (χ0n) is 20.2. The molecule has 192 valence electrons. The summed E-state index contributed by atoms with van der Waals surface area (Å²) in [4.78, 5) is 62.3. The molecule has 0 bridgehead atoms. The zero-order valence-corrected chi connectivity index (χ0v) is 20.2. The summed E-state index contributed by atoms with van der Waals surface area (Å²) in [6.45, 7) is 4.67. The van der Waals surface area contributed by atoms with Gasteiger partial charge in [-0.3, -0.25) is 19.2 Å². The first-order chi connectivity index (χ1) is 16.6. The van der Waals surface area contributed by atoms with Gasteiger partial charge in [-0.1, -0.05) is 44.2 Å². The number of hydrogen-bond donors (Lipinski definition) is 4. The minimum absolute atomic E-state index is 0.0652. The number of benzene rings is 1. The molecule has 1 aliphatic heterocycles. The van der Waals surface area contributed by atoms with Crippen molar-refractivity contribution in [2.75, 3.05) is 13.1 Å². The molecule has 2 rings (SSSR count). The first-order valence-corrected chi connectivity index (χ1v) is 11.7. The fourth-order valence-corrected chi connectivity index (χ4v) is 3.82. The Hall–Kier alpha value is -3.63. The lowest BCUT2D eigenvalue weighted by atomic mass is 9.94. The third kappa shape index (κ3) is 9.26. The average Bonchev–Trinajstić information content (AvgIpc) is 2.81. The maximum Gasteiger partial charge on any atom is 0.410 e. The fraction of sp³-hybridized carbons (Fsp3) is 0.542. The van der Waals surface area contributed by atoms with E-state index in [0.29, 0.717) is 32.4 Å². The van der Waals surface area contributed by atoms with Gasteiger partial charge < -0.3 is 31.7 Å². The highest BCUT2D eigenvalue weighted by Gasteiger charge is 2.32. The number of nitrogens with two attached hydrogens (primary N) is 2. The fourth-order valence-electron chi connectivity index (χ4n) is 3.82. The van der Waals surface area contributed by atoms with Crippen LogP contribution in [-0.2, 0) is 30.5 Å². The number of amides is 5. The summed E-state index contributed by atoms with van der Waals surface area (Å²) in [5.74, 6) is -2.91. The van der Waals surface area contributed by atoms with Gasteiger partial charge in [-0.2, -0.15) is 0 Å². The van der Waals surface area contributed by atoms with E-state index in [-0.39, 0.29) is 24.3 Å². The van der Waals surface area contributed by atoms with Crippen LogP contribution in [0.3, 0.4) is 0 Å². The van der Waals surface area contributed by atoms with Crippen molar-refractivity contribution in [1.29, 1.82) is 0 Å². The number of piperidine rings is 1. The minimum Gasteiger partial charge on any atom is -0.445 e. The molecule has 1 heterocycles. The van der Waals surface area contributed by atoms with Gasteiger partial charge in [0, 0.05) is 19.0 Å². The number of ether oxygens (including phenoxy) is 1. The Labute approximate surface area is 204 Å². The van der Waals surface area contributed by atoms with E-state index < -0.39 is 42.3 Å². The topological polar surface area (TPSA) is 174 Å². The number of nitrogens with one attached hydrogen (secondary N) is 2. The Morgan fingerprint density at radius 1 is 1.00 bits per heavy atom. The van der Waals surface area contributed by atoms with Crippen molar-refractivity contribution in [2.45, 2.75) is 58.2 Å². The second-order valence-electron chi connectivity index (χ2n) is 9.13. The van der Waals surface area contributed by atoms with Gasteiger partial charge in [0.1, 0.15) is 18.7 Å². The number of likely N-dealkylation sites (tertiary alicyclic amines) is 1. The molecular formula is C24H35N5O6. The lowest BCUT2D eigenvalue weighted by molar-refractivity contribution is -0.134. The molecule has 1 aromatic rings. The molecule has 1 aliphatic rings. The maximum absolute atomic E-state index is 12.9. The Bertz CT molecular complexity index is 899. The number of carbonyl (C=O) groups is 5. The summed E-state index contributed by atoms with van der Waals surface area (Å²) in [6, 6.07) is 7.19. The molecule has 1 aromatic carbocycles. The number of primary amides is 2. The molecule has 0 spiro atoms. The lowest BCUT2D eigenvalue weighted by Crippen LogP contribution is -2.55. The molecule has 0 unspecified atom stereocenters. The van der Waals surface area contributed by atoms with Gasteiger partial charge >= 0.3 is 6.09 Å². The summed E-state index contributed by atoms with van der Waals surface area (Å²) >= 11 is 0. The summed E-state index contributed by atoms with van der Waals surface area (Å²) in [5, 5.41) is 5.16. The van der Waals surface area contributed by atoms with E-state index >= 15 is 0 Å². The summed E-state index contributed by atoms with van der Waals surface area (Å²) in [6.07, 6.45) is 0.311. The van der Waals surface area contributed by atoms with Crippen LogP contribution in [0.4, 0.5) is 4.79 Å². The Morgan fingerprint density at radius 3 is 2.17 bits per heavy atom. The molecule has 0 radical (unpaired) electrons. The lowest BCUT2D eigenvalue weighted by Gasteiger charge is -2.31. The van der Waals surface area contributed by atoms with Gasteiger partial charge in [0.05, 0.1) is 6.42 Å². The molecule has 0 aliphatic carbocycles. The van der Waals surface area contributed by atoms with Crippen LogP contribution < -0.4 is 22.1 Å². The van der Waals surface area contributed by atoms with E-state index in [1.165, 1.54) is 0 Å². The zero-order chi connectivity index (χ0) is 26.0. The van der Waals surface area contributed by atoms with E-state index in [1.54, 1.807) is 4.90 Å². The number of nitrogens with zero attached hydrogens (tertiary/aromatic N) is 1. The third-order valence-electron chi connectivity index (χ3n) is 5.73. The van der Waals surface area contributed by atoms with Crippen molar-refractivity contribution in [3.05, 3.63) is 35.9 Å². The molecule has 2 atom stereocenters. The van der Waals surface area contributed by atoms with Crippen molar-refractivity contribution in [1.82, 2.24) is 15.5 Å². The highest BCUT2D eigenvalue weighted by atomic mass is 16.6. The predicted octanol–water partition coefficient (Wildman–Crippen LogP) is 0.412. The SMILES string of the molecule is CC(C)C[C@H](NC(=O)C1CCN(C(=O)OCc2ccccc2)CC1)C(=O)N[C@@H](CC(N)=O)C(N)=O. The second-order valence-corrected chi connectivity index (χ2v) is 9.13. The van der Waals surface area contributed by atoms with E-state index in [0.717, 1.165) is 5.56 Å². The van der Waals surface area contributed by atoms with Crippen LogP contribution in [0.15, 0.2) is 30.3 Å². The second kappa shape index (κ2) is 13.3. The molecule has 11 nitrogen and oxygen atoms in total. The smallest absolute Gasteiger partial charge is 0.410 e. The monoisotopic (exact) mass is 489 g/mol. The Balaban J connectivity index is 1.89. The first kappa shape index (κ1) is 27.6. The number of rotatable bonds is 11. The van der Waals surface area contributed by atoms with Crippen LogP contribution in [0.1, 0.15) is 45.1 Å². The summed E-state index contributed by atoms with van der Waals surface area (Å²) < 4.78 is 5.35. The van der Waals surface area contributed by atoms with Crippen molar-refractivity contribution in [3.63, 3.8) is 0 Å². The van der Waals surface area contributed by atoms with Crippen molar-refractivity contribution in [3.8, 4) is 0 Å². The quantitative estimate of drug-likeness (QED) is 0.350. The van der Waals surface area contributed by atoms with Crippen LogP contribution in [0.2, 0.25) is 0 Å². The Morgan fingerprint density at radius 2 is 1.63 bits per heavy atom. The molecule has 6 N–H and O–H groups in total. The minimum atomic E-state index is -1.25. The van der Waals surface area contributed by atoms with E-state index in [4.69, 9.17) is 16.2 Å². The molecule has 0 saturated carbocycles. The van der Waals surface area contributed by atoms with E-state index in [1.807, 2.05) is 44.2 Å². The van der Waals surface area contributed by atoms with Crippen LogP contribution in [-0.4, -0.2) is 59.8 Å². The van der Waals surface area contributed by atoms with Crippen LogP contribution >= 0.6 is 0 Å². The van der Waals surface area contributed by atoms with Gasteiger partial charge in [-0.05, 0) is 30.7 Å². The molecule has 0 aromatic heterocycles. The molecule has 1 saturated heterocycles. The van der Waals surface area contributed by atoms with Gasteiger partial charge in [-0.25, -0.2) is 4.79 Å². The van der Waals surface area contributed by atoms with Gasteiger partial charge in [0.15, 0.2) is 0 Å². The largest absolute Gasteiger partial charge is 0.445 e. The third-order valence-corrected chi connectivity index (χ3v) is 5.73. The number of carbonyl (C=O) groups excluding carboxylic acids is 5. The van der Waals surface area contributed by atoms with Gasteiger partial charge in [0.25, 0.3) is 0 Å². The molecule has 1 fully saturated rings. The van der Waals surface area contributed by atoms with Crippen molar-refractivity contribution in [2.24, 2.45) is 23.3 Å². The molecule has 11 heteroatoms. The summed E-state index contributed by atoms with van der Waals surface area (Å²) in [7, 11) is 0. The van der Waals surface area contributed by atoms with Crippen LogP contribution in [0.25, 0.3) is 0 Å². The maximum atomic E-state index is 12.9. The highest BCUT2D eigenvalue weighted by molar-refractivity contribution is 5.94. The number of hydrogen-bond acceptors (Lipinski definition) is 6. The highest BCUT2D eigenvalue weighted by Crippen LogP contribution is 2.19. The van der Waals surface area contributed by atoms with Crippen LogP contribution in [0.5, 0.6) is 0 Å². The standard InChI is InChI=1S/C24H35N5O6/c1-15(2)12-19(23(33)27-18(21(26)31)13-20(25)30)28-22(32)17-8-10-29(11-9-17)24(34)35-14-16-6-4-3-5-7-16/h3-7,15,17-19H,8-14H2,1-2H3,(H2,25,30)(H2,26,31)(H,27,33)(H,28,32)/t18-,19-/m0/s1. The Kier molecular flexibility index (Phi) is 10.5.